The van der Waals surface area contributed by atoms with Gasteiger partial charge in [0, 0.05) is 12.1 Å². The van der Waals surface area contributed by atoms with Crippen LogP contribution >= 0.6 is 27.6 Å². The molecule has 17 heavy (non-hydrogen) atoms. The first-order valence-electron chi connectivity index (χ1n) is 3.61. The molecule has 0 saturated carbocycles. The van der Waals surface area contributed by atoms with E-state index in [0.29, 0.717) is 0 Å². The Kier molecular flexibility index (Phi) is 5.78. The van der Waals surface area contributed by atoms with Crippen molar-refractivity contribution in [1.82, 2.24) is 0 Å². The largest absolute Gasteiger partial charge is 0.508 e. The first kappa shape index (κ1) is 16.1. The van der Waals surface area contributed by atoms with Gasteiger partial charge in [-0.25, -0.2) is 10.7 Å². The Morgan fingerprint density at radius 1 is 0.941 bits per heavy atom. The van der Waals surface area contributed by atoms with Gasteiger partial charge >= 0.3 is 27.6 Å². The van der Waals surface area contributed by atoms with Crippen LogP contribution in [0.15, 0.2) is 12.1 Å². The molecule has 0 amide bonds. The number of aromatic hydroxyl groups is 3. The van der Waals surface area contributed by atoms with Gasteiger partial charge in [0.05, 0.1) is 0 Å². The van der Waals surface area contributed by atoms with Crippen molar-refractivity contribution in [2.75, 3.05) is 0 Å². The second-order valence-electron chi connectivity index (χ2n) is 2.53. The molecule has 9 nitrogen and oxygen atoms in total. The van der Waals surface area contributed by atoms with Gasteiger partial charge in [-0.1, -0.05) is 0 Å². The highest BCUT2D eigenvalue weighted by molar-refractivity contribution is 14.2. The van der Waals surface area contributed by atoms with Crippen molar-refractivity contribution in [3.05, 3.63) is 15.7 Å². The van der Waals surface area contributed by atoms with Gasteiger partial charge in [0.15, 0.2) is 3.57 Å². The molecule has 1 aromatic carbocycles. The number of hydrogen-bond acceptors (Lipinski definition) is 6. The molecule has 0 aromatic heterocycles. The molecule has 0 saturated heterocycles. The molecule has 1 rings (SSSR count). The zero-order valence-corrected chi connectivity index (χ0v) is 10.9. The van der Waals surface area contributed by atoms with E-state index in [1.54, 1.807) is 0 Å². The van der Waals surface area contributed by atoms with E-state index in [1.165, 1.54) is 0 Å². The number of phenols is 3. The predicted molar refractivity (Wildman–Crippen MR) is 59.8 cm³/mol. The second kappa shape index (κ2) is 6.12. The molecule has 6 N–H and O–H groups in total. The summed E-state index contributed by atoms with van der Waals surface area (Å²) in [6, 6.07) is 1.71. The predicted octanol–water partition coefficient (Wildman–Crippen LogP) is 0.242. The summed E-state index contributed by atoms with van der Waals surface area (Å²) < 4.78 is 29.4. The standard InChI is InChI=1S/C6H5IO5.H3O4P/c8-3-1-4(9)6(7(11)12)5(10)2-3;1-5(2,3)4/h1-2,8-10H;(H3,1,2,3,4). The second-order valence-corrected chi connectivity index (χ2v) is 5.87. The minimum Gasteiger partial charge on any atom is -0.508 e. The van der Waals surface area contributed by atoms with Crippen molar-refractivity contribution in [2.24, 2.45) is 0 Å². The lowest BCUT2D eigenvalue weighted by molar-refractivity contribution is 0.275. The maximum absolute atomic E-state index is 10.5. The summed E-state index contributed by atoms with van der Waals surface area (Å²) in [6.45, 7) is 0. The third kappa shape index (κ3) is 7.07. The average Bonchev–Trinajstić information content (AvgIpc) is 1.95. The summed E-state index contributed by atoms with van der Waals surface area (Å²) in [5.74, 6) is -1.63. The third-order valence-corrected chi connectivity index (χ3v) is 3.16. The van der Waals surface area contributed by atoms with Crippen LogP contribution in [0.2, 0.25) is 0 Å². The molecule has 0 bridgehead atoms. The van der Waals surface area contributed by atoms with E-state index in [-0.39, 0.29) is 5.75 Å². The summed E-state index contributed by atoms with van der Waals surface area (Å²) in [5.41, 5.74) is 0. The fraction of sp³-hybridized carbons (Fsp3) is 0. The van der Waals surface area contributed by atoms with Crippen LogP contribution in [-0.4, -0.2) is 30.0 Å². The van der Waals surface area contributed by atoms with Crippen LogP contribution < -0.4 is 0 Å². The summed E-state index contributed by atoms with van der Waals surface area (Å²) in [6.07, 6.45) is 0. The normalized spacial score (nSPS) is 10.8. The zero-order chi connectivity index (χ0) is 13.8. The van der Waals surface area contributed by atoms with E-state index in [9.17, 15) is 6.14 Å². The fourth-order valence-corrected chi connectivity index (χ4v) is 1.95. The van der Waals surface area contributed by atoms with Crippen LogP contribution in [0.3, 0.4) is 0 Å². The van der Waals surface area contributed by atoms with Crippen molar-refractivity contribution in [1.29, 1.82) is 0 Å². The first-order chi connectivity index (χ1) is 7.52. The molecule has 0 radical (unpaired) electrons. The van der Waals surface area contributed by atoms with E-state index >= 15 is 0 Å². The number of halogens is 1. The Morgan fingerprint density at radius 2 is 1.24 bits per heavy atom. The molecule has 0 aliphatic rings. The molecule has 0 fully saturated rings. The molecule has 0 atom stereocenters. The summed E-state index contributed by atoms with van der Waals surface area (Å²) in [4.78, 5) is 21.6. The molecular formula is C6H8IO9P. The van der Waals surface area contributed by atoms with E-state index in [2.05, 4.69) is 0 Å². The van der Waals surface area contributed by atoms with Gasteiger partial charge in [-0.2, -0.15) is 0 Å². The van der Waals surface area contributed by atoms with Gasteiger partial charge in [-0.05, 0) is 0 Å². The smallest absolute Gasteiger partial charge is 0.466 e. The minimum absolute atomic E-state index is 0.383. The Bertz CT molecular complexity index is 477. The topological polar surface area (TPSA) is 173 Å². The van der Waals surface area contributed by atoms with Crippen molar-refractivity contribution < 1.29 is 40.7 Å². The lowest BCUT2D eigenvalue weighted by Gasteiger charge is -1.99. The van der Waals surface area contributed by atoms with E-state index in [0.717, 1.165) is 12.1 Å². The minimum atomic E-state index is -4.64. The van der Waals surface area contributed by atoms with Gasteiger partial charge < -0.3 is 30.0 Å². The van der Waals surface area contributed by atoms with Crippen LogP contribution in [0.5, 0.6) is 17.2 Å². The number of hydrogen-bond donors (Lipinski definition) is 6. The van der Waals surface area contributed by atoms with Crippen LogP contribution in [0.4, 0.5) is 0 Å². The molecule has 0 unspecified atom stereocenters. The molecule has 11 heteroatoms. The Labute approximate surface area is 101 Å². The van der Waals surface area contributed by atoms with E-state index in [4.69, 9.17) is 34.6 Å². The van der Waals surface area contributed by atoms with Gasteiger partial charge in [0.25, 0.3) is 0 Å². The average molecular weight is 382 g/mol. The number of phenolic OH excluding ortho intramolecular Hbond substituents is 3. The fourth-order valence-electron chi connectivity index (χ4n) is 0.738. The maximum atomic E-state index is 10.5. The SMILES string of the molecule is O=I(=O)c1c(O)cc(O)cc1O.O=P(O)(O)O. The molecule has 0 aliphatic heterocycles. The van der Waals surface area contributed by atoms with Crippen molar-refractivity contribution >= 4 is 27.6 Å². The van der Waals surface area contributed by atoms with Crippen molar-refractivity contribution in [2.45, 2.75) is 0 Å². The van der Waals surface area contributed by atoms with Crippen LogP contribution in [0, 0.1) is 3.57 Å². The summed E-state index contributed by atoms with van der Waals surface area (Å²) >= 11 is -3.90. The maximum Gasteiger partial charge on any atom is 0.466 e. The highest BCUT2D eigenvalue weighted by Crippen LogP contribution is 2.37. The summed E-state index contributed by atoms with van der Waals surface area (Å²) in [5, 5.41) is 26.7. The molecule has 0 aliphatic carbocycles. The summed E-state index contributed by atoms with van der Waals surface area (Å²) in [7, 11) is -4.64. The van der Waals surface area contributed by atoms with Gasteiger partial charge in [-0.15, -0.1) is 0 Å². The number of phosphoric acid groups is 1. The Morgan fingerprint density at radius 3 is 1.47 bits per heavy atom. The Hall–Kier alpha value is -0.940. The quantitative estimate of drug-likeness (QED) is 0.294. The zero-order valence-electron chi connectivity index (χ0n) is 7.89. The molecule has 98 valence electrons. The number of benzene rings is 1. The van der Waals surface area contributed by atoms with Gasteiger partial charge in [-0.3, -0.25) is 0 Å². The first-order valence-corrected chi connectivity index (χ1v) is 8.01. The van der Waals surface area contributed by atoms with Crippen molar-refractivity contribution in [3.63, 3.8) is 0 Å². The molecule has 1 aromatic rings. The monoisotopic (exact) mass is 382 g/mol. The van der Waals surface area contributed by atoms with Gasteiger partial charge in [0.2, 0.25) is 0 Å². The highest BCUT2D eigenvalue weighted by Gasteiger charge is 2.13. The molecular weight excluding hydrogens is 374 g/mol. The van der Waals surface area contributed by atoms with Crippen molar-refractivity contribution in [3.8, 4) is 17.2 Å². The lowest BCUT2D eigenvalue weighted by atomic mass is 10.3. The Balaban J connectivity index is 0.000000437. The number of rotatable bonds is 1. The molecule has 0 heterocycles. The molecule has 0 spiro atoms. The lowest BCUT2D eigenvalue weighted by Crippen LogP contribution is -1.77. The van der Waals surface area contributed by atoms with Crippen LogP contribution in [-0.2, 0) is 10.7 Å². The van der Waals surface area contributed by atoms with E-state index in [1.807, 2.05) is 0 Å². The van der Waals surface area contributed by atoms with Gasteiger partial charge in [0.1, 0.15) is 17.2 Å². The van der Waals surface area contributed by atoms with Crippen LogP contribution in [0.1, 0.15) is 0 Å². The van der Waals surface area contributed by atoms with Crippen LogP contribution in [0.25, 0.3) is 0 Å². The highest BCUT2D eigenvalue weighted by atomic mass is 127. The van der Waals surface area contributed by atoms with E-state index < -0.39 is 42.7 Å². The third-order valence-electron chi connectivity index (χ3n) is 1.17.